The van der Waals surface area contributed by atoms with Gasteiger partial charge in [0.25, 0.3) is 0 Å². The third kappa shape index (κ3) is 3.51. The number of nitrogens with one attached hydrogen (secondary N) is 2. The van der Waals surface area contributed by atoms with E-state index < -0.39 is 5.82 Å². The van der Waals surface area contributed by atoms with Gasteiger partial charge in [0, 0.05) is 17.6 Å². The number of rotatable bonds is 4. The normalized spacial score (nSPS) is 10.3. The van der Waals surface area contributed by atoms with Crippen LogP contribution in [0.5, 0.6) is 0 Å². The minimum atomic E-state index is -0.465. The molecule has 0 unspecified atom stereocenters. The molecule has 0 aliphatic carbocycles. The Morgan fingerprint density at radius 3 is 2.50 bits per heavy atom. The Kier molecular flexibility index (Phi) is 4.16. The number of aromatic nitrogens is 2. The van der Waals surface area contributed by atoms with Gasteiger partial charge in [-0.15, -0.1) is 0 Å². The van der Waals surface area contributed by atoms with Gasteiger partial charge in [-0.3, -0.25) is 0 Å². The van der Waals surface area contributed by atoms with Crippen molar-refractivity contribution in [3.05, 3.63) is 71.6 Å². The highest BCUT2D eigenvalue weighted by Crippen LogP contribution is 2.22. The molecular weight excluding hydrogens is 303 g/mol. The first-order valence-corrected chi connectivity index (χ1v) is 6.96. The van der Waals surface area contributed by atoms with E-state index in [9.17, 15) is 4.39 Å². The zero-order chi connectivity index (χ0) is 15.4. The standard InChI is InChI=1S/C16H12ClFN4/c17-13-10-12(6-7-14(13)18)21-16-19-9-8-15(22-16)20-11-4-2-1-3-5-11/h1-10H,(H2,19,20,21,22). The van der Waals surface area contributed by atoms with Gasteiger partial charge < -0.3 is 10.6 Å². The number of para-hydroxylation sites is 1. The largest absolute Gasteiger partial charge is 0.340 e. The van der Waals surface area contributed by atoms with E-state index >= 15 is 0 Å². The van der Waals surface area contributed by atoms with Crippen molar-refractivity contribution in [2.45, 2.75) is 0 Å². The van der Waals surface area contributed by atoms with Crippen molar-refractivity contribution in [3.8, 4) is 0 Å². The number of benzene rings is 2. The van der Waals surface area contributed by atoms with Gasteiger partial charge in [0.2, 0.25) is 5.95 Å². The van der Waals surface area contributed by atoms with Gasteiger partial charge in [0.05, 0.1) is 5.02 Å². The Morgan fingerprint density at radius 2 is 1.73 bits per heavy atom. The van der Waals surface area contributed by atoms with Crippen molar-refractivity contribution in [2.24, 2.45) is 0 Å². The molecule has 6 heteroatoms. The fourth-order valence-corrected chi connectivity index (χ4v) is 2.04. The third-order valence-corrected chi connectivity index (χ3v) is 3.17. The van der Waals surface area contributed by atoms with Crippen molar-refractivity contribution in [1.29, 1.82) is 0 Å². The Morgan fingerprint density at radius 1 is 0.909 bits per heavy atom. The monoisotopic (exact) mass is 314 g/mol. The SMILES string of the molecule is Fc1ccc(Nc2nccc(Nc3ccccc3)n2)cc1Cl. The first-order valence-electron chi connectivity index (χ1n) is 6.58. The molecule has 2 aromatic carbocycles. The van der Waals surface area contributed by atoms with Crippen molar-refractivity contribution >= 4 is 34.7 Å². The summed E-state index contributed by atoms with van der Waals surface area (Å²) in [5.41, 5.74) is 1.54. The van der Waals surface area contributed by atoms with Crippen molar-refractivity contribution in [3.63, 3.8) is 0 Å². The van der Waals surface area contributed by atoms with E-state index in [0.29, 0.717) is 17.5 Å². The molecule has 0 radical (unpaired) electrons. The number of halogens is 2. The van der Waals surface area contributed by atoms with Crippen LogP contribution in [0, 0.1) is 5.82 Å². The van der Waals surface area contributed by atoms with Crippen LogP contribution in [0.2, 0.25) is 5.02 Å². The van der Waals surface area contributed by atoms with Gasteiger partial charge in [-0.1, -0.05) is 29.8 Å². The van der Waals surface area contributed by atoms with Crippen LogP contribution in [0.3, 0.4) is 0 Å². The summed E-state index contributed by atoms with van der Waals surface area (Å²) in [7, 11) is 0. The molecule has 110 valence electrons. The lowest BCUT2D eigenvalue weighted by atomic mass is 10.3. The van der Waals surface area contributed by atoms with Gasteiger partial charge in [0.15, 0.2) is 0 Å². The molecule has 0 saturated heterocycles. The van der Waals surface area contributed by atoms with Gasteiger partial charge in [-0.2, -0.15) is 4.98 Å². The molecule has 0 amide bonds. The fourth-order valence-electron chi connectivity index (χ4n) is 1.86. The van der Waals surface area contributed by atoms with Crippen LogP contribution in [0.25, 0.3) is 0 Å². The van der Waals surface area contributed by atoms with Crippen molar-refractivity contribution in [1.82, 2.24) is 9.97 Å². The van der Waals surface area contributed by atoms with E-state index in [1.54, 1.807) is 18.3 Å². The van der Waals surface area contributed by atoms with E-state index in [1.165, 1.54) is 12.1 Å². The quantitative estimate of drug-likeness (QED) is 0.729. The lowest BCUT2D eigenvalue weighted by molar-refractivity contribution is 0.628. The summed E-state index contributed by atoms with van der Waals surface area (Å²) in [4.78, 5) is 8.47. The maximum absolute atomic E-state index is 13.1. The van der Waals surface area contributed by atoms with Gasteiger partial charge in [0.1, 0.15) is 11.6 Å². The summed E-state index contributed by atoms with van der Waals surface area (Å²) >= 11 is 5.75. The number of hydrogen-bond donors (Lipinski definition) is 2. The van der Waals surface area contributed by atoms with Crippen LogP contribution in [0.4, 0.5) is 27.5 Å². The average Bonchev–Trinajstić information content (AvgIpc) is 2.52. The average molecular weight is 315 g/mol. The van der Waals surface area contributed by atoms with Crippen LogP contribution in [-0.4, -0.2) is 9.97 Å². The van der Waals surface area contributed by atoms with Crippen LogP contribution >= 0.6 is 11.6 Å². The summed E-state index contributed by atoms with van der Waals surface area (Å²) in [6.07, 6.45) is 1.63. The molecule has 4 nitrogen and oxygen atoms in total. The smallest absolute Gasteiger partial charge is 0.229 e. The Labute approximate surface area is 132 Å². The summed E-state index contributed by atoms with van der Waals surface area (Å²) < 4.78 is 13.1. The molecule has 0 aliphatic rings. The fraction of sp³-hybridized carbons (Fsp3) is 0. The molecule has 22 heavy (non-hydrogen) atoms. The van der Waals surface area contributed by atoms with E-state index in [0.717, 1.165) is 5.69 Å². The molecule has 0 atom stereocenters. The molecule has 0 aliphatic heterocycles. The second-order valence-corrected chi connectivity index (χ2v) is 4.92. The highest BCUT2D eigenvalue weighted by molar-refractivity contribution is 6.31. The lowest BCUT2D eigenvalue weighted by Crippen LogP contribution is -2.00. The minimum Gasteiger partial charge on any atom is -0.340 e. The summed E-state index contributed by atoms with van der Waals surface area (Å²) in [6.45, 7) is 0. The summed E-state index contributed by atoms with van der Waals surface area (Å²) in [6, 6.07) is 15.8. The predicted molar refractivity (Wildman–Crippen MR) is 86.4 cm³/mol. The molecule has 3 aromatic rings. The van der Waals surface area contributed by atoms with E-state index in [4.69, 9.17) is 11.6 Å². The molecule has 0 bridgehead atoms. The van der Waals surface area contributed by atoms with E-state index in [2.05, 4.69) is 20.6 Å². The number of hydrogen-bond acceptors (Lipinski definition) is 4. The first-order chi connectivity index (χ1) is 10.7. The van der Waals surface area contributed by atoms with Crippen LogP contribution in [0.15, 0.2) is 60.8 Å². The number of nitrogens with zero attached hydrogens (tertiary/aromatic N) is 2. The molecule has 1 heterocycles. The number of anilines is 4. The minimum absolute atomic E-state index is 0.0450. The Balaban J connectivity index is 1.77. The molecule has 1 aromatic heterocycles. The van der Waals surface area contributed by atoms with Crippen LogP contribution < -0.4 is 10.6 Å². The second kappa shape index (κ2) is 6.41. The third-order valence-electron chi connectivity index (χ3n) is 2.88. The maximum Gasteiger partial charge on any atom is 0.229 e. The lowest BCUT2D eigenvalue weighted by Gasteiger charge is -2.08. The first kappa shape index (κ1) is 14.3. The molecule has 0 saturated carbocycles. The topological polar surface area (TPSA) is 49.8 Å². The predicted octanol–water partition coefficient (Wildman–Crippen LogP) is 4.76. The summed E-state index contributed by atoms with van der Waals surface area (Å²) in [5.74, 6) is 0.577. The highest BCUT2D eigenvalue weighted by atomic mass is 35.5. The van der Waals surface area contributed by atoms with Crippen LogP contribution in [-0.2, 0) is 0 Å². The van der Waals surface area contributed by atoms with E-state index in [1.807, 2.05) is 30.3 Å². The van der Waals surface area contributed by atoms with Crippen LogP contribution in [0.1, 0.15) is 0 Å². The summed E-state index contributed by atoms with van der Waals surface area (Å²) in [5, 5.41) is 6.20. The van der Waals surface area contributed by atoms with Gasteiger partial charge in [-0.25, -0.2) is 9.37 Å². The molecular formula is C16H12ClFN4. The molecule has 3 rings (SSSR count). The highest BCUT2D eigenvalue weighted by Gasteiger charge is 2.04. The van der Waals surface area contributed by atoms with E-state index in [-0.39, 0.29) is 5.02 Å². The molecule has 0 fully saturated rings. The Bertz CT molecular complexity index is 780. The van der Waals surface area contributed by atoms with Crippen molar-refractivity contribution < 1.29 is 4.39 Å². The zero-order valence-electron chi connectivity index (χ0n) is 11.4. The van der Waals surface area contributed by atoms with Crippen molar-refractivity contribution in [2.75, 3.05) is 10.6 Å². The van der Waals surface area contributed by atoms with Gasteiger partial charge >= 0.3 is 0 Å². The second-order valence-electron chi connectivity index (χ2n) is 4.51. The molecule has 2 N–H and O–H groups in total. The Hall–Kier alpha value is -2.66. The zero-order valence-corrected chi connectivity index (χ0v) is 12.2. The molecule has 0 spiro atoms. The maximum atomic E-state index is 13.1. The van der Waals surface area contributed by atoms with Gasteiger partial charge in [-0.05, 0) is 36.4 Å².